The highest BCUT2D eigenvalue weighted by Crippen LogP contribution is 2.37. The second-order valence-electron chi connectivity index (χ2n) is 4.27. The number of carbonyl (C=O) groups excluding carboxylic acids is 1. The first-order valence-corrected chi connectivity index (χ1v) is 7.26. The molecule has 0 amide bonds. The molecule has 0 aromatic heterocycles. The second kappa shape index (κ2) is 4.28. The normalized spacial score (nSPS) is 21.2. The molecule has 1 aromatic carbocycles. The topological polar surface area (TPSA) is 87.4 Å². The molecular formula is C14H9N2O3S+. The van der Waals surface area contributed by atoms with Crippen molar-refractivity contribution in [3.63, 3.8) is 0 Å². The van der Waals surface area contributed by atoms with Gasteiger partial charge in [0.15, 0.2) is 10.6 Å². The molecule has 5 nitrogen and oxygen atoms in total. The molecule has 6 heteroatoms. The Kier molecular flexibility index (Phi) is 2.69. The largest absolute Gasteiger partial charge is 0.289 e. The van der Waals surface area contributed by atoms with Crippen molar-refractivity contribution in [3.8, 4) is 0 Å². The Morgan fingerprint density at radius 3 is 2.75 bits per heavy atom. The lowest BCUT2D eigenvalue weighted by molar-refractivity contribution is 0.103. The van der Waals surface area contributed by atoms with Crippen molar-refractivity contribution in [3.05, 3.63) is 58.9 Å². The number of Topliss-reactive ketones (excluding diaryl/α,β-unsaturated/α-hetero) is 1. The van der Waals surface area contributed by atoms with Gasteiger partial charge in [0.05, 0.1) is 29.0 Å². The highest BCUT2D eigenvalue weighted by atomic mass is 32.2. The third-order valence-electron chi connectivity index (χ3n) is 3.13. The minimum Gasteiger partial charge on any atom is -0.289 e. The molecule has 1 aliphatic carbocycles. The standard InChI is InChI=1S/C14H9N2O3S/c15-8-16-9-5-6-11-13(7-9)20(18,19)12-4-2-1-3-10(12)14(11)17/h1-8,15H/q+1. The van der Waals surface area contributed by atoms with Crippen LogP contribution in [0.25, 0.3) is 0 Å². The third kappa shape index (κ3) is 1.65. The van der Waals surface area contributed by atoms with E-state index in [0.717, 1.165) is 6.34 Å². The van der Waals surface area contributed by atoms with Gasteiger partial charge in [-0.25, -0.2) is 13.4 Å². The summed E-state index contributed by atoms with van der Waals surface area (Å²) in [5.41, 5.74) is 0.666. The van der Waals surface area contributed by atoms with E-state index >= 15 is 0 Å². The highest BCUT2D eigenvalue weighted by molar-refractivity contribution is 7.95. The molecule has 0 atom stereocenters. The average molecular weight is 285 g/mol. The number of rotatable bonds is 1. The lowest BCUT2D eigenvalue weighted by Crippen LogP contribution is -2.25. The Balaban J connectivity index is 2.31. The van der Waals surface area contributed by atoms with Gasteiger partial charge in [-0.2, -0.15) is 0 Å². The maximum atomic E-state index is 12.5. The first-order valence-electron chi connectivity index (χ1n) is 5.78. The summed E-state index contributed by atoms with van der Waals surface area (Å²) in [6, 6.07) is 6.15. The zero-order valence-corrected chi connectivity index (χ0v) is 11.0. The number of ketones is 1. The lowest BCUT2D eigenvalue weighted by Gasteiger charge is -2.17. The third-order valence-corrected chi connectivity index (χ3v) is 4.99. The summed E-state index contributed by atoms with van der Waals surface area (Å²) in [6.45, 7) is 0. The van der Waals surface area contributed by atoms with Crippen molar-refractivity contribution in [2.45, 2.75) is 4.90 Å². The van der Waals surface area contributed by atoms with Crippen molar-refractivity contribution in [1.82, 2.24) is 0 Å². The molecule has 0 saturated heterocycles. The number of carbonyl (C=O) groups is 1. The van der Waals surface area contributed by atoms with E-state index in [1.54, 1.807) is 12.1 Å². The number of hydrogen-bond donors (Lipinski definition) is 1. The summed E-state index contributed by atoms with van der Waals surface area (Å²) in [7, 11) is -3.73. The molecule has 1 heterocycles. The van der Waals surface area contributed by atoms with E-state index < -0.39 is 9.84 Å². The molecule has 0 radical (unpaired) electrons. The lowest BCUT2D eigenvalue weighted by atomic mass is 9.96. The quantitative estimate of drug-likeness (QED) is 0.484. The van der Waals surface area contributed by atoms with Crippen LogP contribution in [0.15, 0.2) is 56.8 Å². The fourth-order valence-corrected chi connectivity index (χ4v) is 3.90. The predicted molar refractivity (Wildman–Crippen MR) is 74.6 cm³/mol. The van der Waals surface area contributed by atoms with Crippen LogP contribution in [0.2, 0.25) is 0 Å². The molecule has 1 N–H and O–H groups in total. The van der Waals surface area contributed by atoms with Crippen molar-refractivity contribution >= 4 is 27.7 Å². The van der Waals surface area contributed by atoms with Crippen LogP contribution < -0.4 is 0 Å². The van der Waals surface area contributed by atoms with Crippen LogP contribution in [-0.2, 0) is 9.84 Å². The number of allylic oxidation sites excluding steroid dienone is 3. The van der Waals surface area contributed by atoms with Gasteiger partial charge in [-0.05, 0) is 12.1 Å². The number of aliphatic imine (C=N–C) groups is 1. The van der Waals surface area contributed by atoms with Crippen molar-refractivity contribution in [2.75, 3.05) is 0 Å². The van der Waals surface area contributed by atoms with Crippen LogP contribution in [0, 0.1) is 11.8 Å². The van der Waals surface area contributed by atoms with Gasteiger partial charge >= 0.3 is 0 Å². The summed E-state index contributed by atoms with van der Waals surface area (Å²) < 4.78 is 25.1. The van der Waals surface area contributed by atoms with E-state index in [1.165, 1.54) is 30.7 Å². The van der Waals surface area contributed by atoms with Gasteiger partial charge < -0.3 is 0 Å². The van der Waals surface area contributed by atoms with Gasteiger partial charge in [-0.1, -0.05) is 12.1 Å². The van der Waals surface area contributed by atoms with E-state index in [0.29, 0.717) is 5.71 Å². The number of nitrogens with zero attached hydrogens (tertiary/aromatic N) is 1. The molecule has 0 spiro atoms. The molecule has 2 aliphatic rings. The van der Waals surface area contributed by atoms with Crippen LogP contribution in [0.3, 0.4) is 0 Å². The molecule has 3 rings (SSSR count). The minimum absolute atomic E-state index is 0.0181. The van der Waals surface area contributed by atoms with Gasteiger partial charge in [-0.15, -0.1) is 0 Å². The molecular weight excluding hydrogens is 276 g/mol. The van der Waals surface area contributed by atoms with E-state index in [-0.39, 0.29) is 26.7 Å². The van der Waals surface area contributed by atoms with E-state index in [1.807, 2.05) is 0 Å². The summed E-state index contributed by atoms with van der Waals surface area (Å²) in [5.74, 6) is -0.313. The summed E-state index contributed by atoms with van der Waals surface area (Å²) in [6.07, 6.45) is 5.11. The van der Waals surface area contributed by atoms with Crippen LogP contribution >= 0.6 is 0 Å². The number of benzene rings is 1. The van der Waals surface area contributed by atoms with E-state index in [2.05, 4.69) is 4.99 Å². The molecule has 1 aliphatic heterocycles. The number of sulfone groups is 1. The zero-order valence-electron chi connectivity index (χ0n) is 10.2. The molecule has 0 unspecified atom stereocenters. The Morgan fingerprint density at radius 2 is 2.00 bits per heavy atom. The Hall–Kier alpha value is -2.47. The van der Waals surface area contributed by atoms with Crippen molar-refractivity contribution in [2.24, 2.45) is 4.99 Å². The molecule has 0 bridgehead atoms. The van der Waals surface area contributed by atoms with Gasteiger partial charge in [-0.3, -0.25) is 10.2 Å². The van der Waals surface area contributed by atoms with E-state index in [4.69, 9.17) is 5.41 Å². The maximum absolute atomic E-state index is 12.5. The maximum Gasteiger partial charge on any atom is 0.250 e. The monoisotopic (exact) mass is 285 g/mol. The summed E-state index contributed by atoms with van der Waals surface area (Å²) in [5, 5.41) is 6.93. The van der Waals surface area contributed by atoms with Crippen LogP contribution in [0.4, 0.5) is 0 Å². The number of fused-ring (bicyclic) bond motifs is 2. The second-order valence-corrected chi connectivity index (χ2v) is 6.15. The van der Waals surface area contributed by atoms with Gasteiger partial charge in [0.2, 0.25) is 9.84 Å². The van der Waals surface area contributed by atoms with Gasteiger partial charge in [0, 0.05) is 0 Å². The summed E-state index contributed by atoms with van der Waals surface area (Å²) in [4.78, 5) is 16.0. The smallest absolute Gasteiger partial charge is 0.250 e. The molecule has 98 valence electrons. The predicted octanol–water partition coefficient (Wildman–Crippen LogP) is 1.73. The van der Waals surface area contributed by atoms with Crippen LogP contribution in [0.1, 0.15) is 10.4 Å². The first-order chi connectivity index (χ1) is 9.55. The van der Waals surface area contributed by atoms with E-state index in [9.17, 15) is 13.2 Å². The molecule has 0 fully saturated rings. The van der Waals surface area contributed by atoms with Crippen molar-refractivity contribution < 1.29 is 13.2 Å². The SMILES string of the molecule is N=CN=C1C=C2C(=C[CH+]1)C(=O)c1ccccc1S2(=O)=O. The Morgan fingerprint density at radius 1 is 1.25 bits per heavy atom. The minimum atomic E-state index is -3.73. The fourth-order valence-electron chi connectivity index (χ4n) is 2.23. The Labute approximate surface area is 115 Å². The molecule has 20 heavy (non-hydrogen) atoms. The Bertz CT molecular complexity index is 830. The summed E-state index contributed by atoms with van der Waals surface area (Å²) >= 11 is 0. The molecule has 1 aromatic rings. The highest BCUT2D eigenvalue weighted by Gasteiger charge is 2.44. The van der Waals surface area contributed by atoms with Gasteiger partial charge in [0.1, 0.15) is 11.9 Å². The zero-order chi connectivity index (χ0) is 14.3. The number of hydrogen-bond acceptors (Lipinski definition) is 4. The van der Waals surface area contributed by atoms with Crippen LogP contribution in [-0.4, -0.2) is 26.3 Å². The van der Waals surface area contributed by atoms with Crippen LogP contribution in [0.5, 0.6) is 0 Å². The fraction of sp³-hybridized carbons (Fsp3) is 0. The van der Waals surface area contributed by atoms with Gasteiger partial charge in [0.25, 0.3) is 5.78 Å². The first kappa shape index (κ1) is 12.6. The molecule has 0 saturated carbocycles. The number of nitrogens with one attached hydrogen (secondary N) is 1. The van der Waals surface area contributed by atoms with Crippen molar-refractivity contribution in [1.29, 1.82) is 5.41 Å². The average Bonchev–Trinajstić information content (AvgIpc) is 2.46.